The molecule has 0 bridgehead atoms. The number of urea groups is 1. The number of benzene rings is 3. The molecule has 14 heteroatoms. The third kappa shape index (κ3) is 7.65. The number of thioether (sulfide) groups is 1. The zero-order valence-corrected chi connectivity index (χ0v) is 26.9. The molecule has 5 rings (SSSR count). The minimum atomic E-state index is -4.83. The van der Waals surface area contributed by atoms with Crippen LogP contribution in [0, 0.1) is 13.8 Å². The number of ether oxygens (including phenoxy) is 1. The van der Waals surface area contributed by atoms with Crippen LogP contribution in [0.2, 0.25) is 0 Å². The van der Waals surface area contributed by atoms with Gasteiger partial charge >= 0.3 is 12.4 Å². The molecule has 0 aliphatic carbocycles. The summed E-state index contributed by atoms with van der Waals surface area (Å²) in [7, 11) is 1.54. The summed E-state index contributed by atoms with van der Waals surface area (Å²) in [6, 6.07) is 16.7. The van der Waals surface area contributed by atoms with Crippen molar-refractivity contribution in [2.24, 2.45) is 4.99 Å². The van der Waals surface area contributed by atoms with E-state index in [2.05, 4.69) is 20.1 Å². The zero-order valence-electron chi connectivity index (χ0n) is 26.1. The fraction of sp³-hybridized carbons (Fsp3) is 0.242. The van der Waals surface area contributed by atoms with E-state index < -0.39 is 24.1 Å². The third-order valence-electron chi connectivity index (χ3n) is 7.27. The summed E-state index contributed by atoms with van der Waals surface area (Å²) in [6.07, 6.45) is -3.18. The molecule has 47 heavy (non-hydrogen) atoms. The van der Waals surface area contributed by atoms with Gasteiger partial charge < -0.3 is 15.0 Å². The number of halogens is 3. The molecule has 1 N–H and O–H groups in total. The summed E-state index contributed by atoms with van der Waals surface area (Å²) in [6.45, 7) is 7.75. The highest BCUT2D eigenvalue weighted by Gasteiger charge is 2.33. The van der Waals surface area contributed by atoms with Crippen LogP contribution in [-0.2, 0) is 4.79 Å². The van der Waals surface area contributed by atoms with E-state index in [9.17, 15) is 27.6 Å². The van der Waals surface area contributed by atoms with E-state index in [-0.39, 0.29) is 23.1 Å². The molecule has 0 saturated carbocycles. The van der Waals surface area contributed by atoms with Crippen LogP contribution in [0.3, 0.4) is 0 Å². The van der Waals surface area contributed by atoms with Crippen molar-refractivity contribution in [3.05, 3.63) is 95.3 Å². The fourth-order valence-corrected chi connectivity index (χ4v) is 5.83. The fourth-order valence-electron chi connectivity index (χ4n) is 4.97. The van der Waals surface area contributed by atoms with Crippen LogP contribution in [-0.4, -0.2) is 52.0 Å². The Morgan fingerprint density at radius 2 is 1.72 bits per heavy atom. The highest BCUT2D eigenvalue weighted by Crippen LogP contribution is 2.34. The monoisotopic (exact) mass is 664 g/mol. The maximum Gasteiger partial charge on any atom is 0.573 e. The number of nitrogens with one attached hydrogen (secondary N) is 1. The molecule has 1 aliphatic rings. The van der Waals surface area contributed by atoms with Gasteiger partial charge in [0.15, 0.2) is 5.17 Å². The first-order chi connectivity index (χ1) is 22.2. The summed E-state index contributed by atoms with van der Waals surface area (Å²) in [5.41, 5.74) is 5.00. The van der Waals surface area contributed by atoms with Crippen LogP contribution in [0.15, 0.2) is 77.9 Å². The van der Waals surface area contributed by atoms with Gasteiger partial charge in [0.05, 0.1) is 34.7 Å². The Morgan fingerprint density at radius 1 is 1.04 bits per heavy atom. The molecule has 0 radical (unpaired) electrons. The Bertz CT molecular complexity index is 1850. The van der Waals surface area contributed by atoms with E-state index >= 15 is 0 Å². The minimum absolute atomic E-state index is 0.145. The number of amidine groups is 1. The summed E-state index contributed by atoms with van der Waals surface area (Å²) >= 11 is 1.21. The van der Waals surface area contributed by atoms with Gasteiger partial charge in [0.1, 0.15) is 5.75 Å². The van der Waals surface area contributed by atoms with Crippen molar-refractivity contribution in [2.45, 2.75) is 40.0 Å². The molecule has 10 nitrogen and oxygen atoms in total. The van der Waals surface area contributed by atoms with E-state index in [0.717, 1.165) is 28.9 Å². The van der Waals surface area contributed by atoms with Gasteiger partial charge in [-0.05, 0) is 85.5 Å². The second-order valence-electron chi connectivity index (χ2n) is 11.1. The standard InChI is InChI=1S/C33H31F3N6O4S/c1-19(2)26-15-6-20(3)16-27(26)42-29(43)18-47-32(42)38-31(45)37-23-9-11-24(12-10-23)41-17-28(21(4)39-41)40(5)30(44)22-7-13-25(14-8-22)46-33(34,35)36/h6-17,19H,18H2,1-5H3,(H,37,45). The lowest BCUT2D eigenvalue weighted by atomic mass is 9.99. The number of carbonyl (C=O) groups is 3. The van der Waals surface area contributed by atoms with Crippen LogP contribution in [0.1, 0.15) is 46.9 Å². The number of aliphatic imine (C=N–C) groups is 1. The van der Waals surface area contributed by atoms with E-state index in [1.807, 2.05) is 39.0 Å². The molecule has 0 spiro atoms. The predicted octanol–water partition coefficient (Wildman–Crippen LogP) is 7.46. The smallest absolute Gasteiger partial charge is 0.406 e. The molecule has 1 fully saturated rings. The number of hydrogen-bond donors (Lipinski definition) is 1. The zero-order chi connectivity index (χ0) is 34.0. The SMILES string of the molecule is Cc1ccc(C(C)C)c(N2C(=O)CSC2=NC(=O)Nc2ccc(-n3cc(N(C)C(=O)c4ccc(OC(F)(F)F)cc4)c(C)n3)cc2)c1. The van der Waals surface area contributed by atoms with Gasteiger partial charge in [-0.25, -0.2) is 9.48 Å². The molecule has 4 amide bonds. The lowest BCUT2D eigenvalue weighted by molar-refractivity contribution is -0.274. The summed E-state index contributed by atoms with van der Waals surface area (Å²) in [4.78, 5) is 45.9. The topological polar surface area (TPSA) is 109 Å². The molecule has 4 aromatic rings. The third-order valence-corrected chi connectivity index (χ3v) is 8.19. The lowest BCUT2D eigenvalue weighted by Gasteiger charge is -2.22. The quantitative estimate of drug-likeness (QED) is 0.220. The van der Waals surface area contributed by atoms with E-state index in [1.54, 1.807) is 42.1 Å². The Morgan fingerprint density at radius 3 is 2.36 bits per heavy atom. The number of alkyl halides is 3. The van der Waals surface area contributed by atoms with Gasteiger partial charge in [0.2, 0.25) is 5.91 Å². The molecule has 2 heterocycles. The van der Waals surface area contributed by atoms with Crippen LogP contribution in [0.5, 0.6) is 5.75 Å². The van der Waals surface area contributed by atoms with Crippen molar-refractivity contribution >= 4 is 51.8 Å². The van der Waals surface area contributed by atoms with Gasteiger partial charge in [-0.1, -0.05) is 37.7 Å². The van der Waals surface area contributed by atoms with Crippen molar-refractivity contribution in [3.63, 3.8) is 0 Å². The number of hydrogen-bond acceptors (Lipinski definition) is 6. The van der Waals surface area contributed by atoms with Crippen LogP contribution in [0.25, 0.3) is 5.69 Å². The van der Waals surface area contributed by atoms with Crippen LogP contribution in [0.4, 0.5) is 35.0 Å². The number of amides is 4. The maximum atomic E-state index is 13.0. The number of aromatic nitrogens is 2. The summed E-state index contributed by atoms with van der Waals surface area (Å²) in [5, 5.41) is 7.53. The Hall–Kier alpha value is -5.11. The largest absolute Gasteiger partial charge is 0.573 e. The number of anilines is 3. The Labute approximate surface area is 273 Å². The second kappa shape index (κ2) is 13.3. The van der Waals surface area contributed by atoms with Crippen LogP contribution < -0.4 is 19.9 Å². The molecule has 1 aromatic heterocycles. The average molecular weight is 665 g/mol. The van der Waals surface area contributed by atoms with Gasteiger partial charge in [-0.3, -0.25) is 14.5 Å². The highest BCUT2D eigenvalue weighted by molar-refractivity contribution is 8.15. The normalized spacial score (nSPS) is 14.2. The van der Waals surface area contributed by atoms with Gasteiger partial charge in [-0.15, -0.1) is 13.2 Å². The number of rotatable bonds is 7. The first kappa shape index (κ1) is 33.3. The van der Waals surface area contributed by atoms with Gasteiger partial charge in [-0.2, -0.15) is 10.1 Å². The van der Waals surface area contributed by atoms with E-state index in [0.29, 0.717) is 27.9 Å². The summed E-state index contributed by atoms with van der Waals surface area (Å²) < 4.78 is 42.8. The van der Waals surface area contributed by atoms with E-state index in [1.165, 1.54) is 40.7 Å². The number of aryl methyl sites for hydroxylation is 2. The summed E-state index contributed by atoms with van der Waals surface area (Å²) in [5.74, 6) is -0.676. The first-order valence-corrected chi connectivity index (χ1v) is 15.5. The van der Waals surface area contributed by atoms with Gasteiger partial charge in [0.25, 0.3) is 5.91 Å². The maximum absolute atomic E-state index is 13.0. The Balaban J connectivity index is 1.27. The molecule has 0 atom stereocenters. The molecular weight excluding hydrogens is 633 g/mol. The average Bonchev–Trinajstić information content (AvgIpc) is 3.57. The second-order valence-corrected chi connectivity index (χ2v) is 12.0. The lowest BCUT2D eigenvalue weighted by Crippen LogP contribution is -2.31. The van der Waals surface area contributed by atoms with Crippen molar-refractivity contribution in [2.75, 3.05) is 27.9 Å². The molecule has 1 aliphatic heterocycles. The van der Waals surface area contributed by atoms with Crippen molar-refractivity contribution in [1.82, 2.24) is 9.78 Å². The first-order valence-electron chi connectivity index (χ1n) is 14.5. The molecule has 1 saturated heterocycles. The van der Waals surface area contributed by atoms with Crippen LogP contribution >= 0.6 is 11.8 Å². The van der Waals surface area contributed by atoms with E-state index in [4.69, 9.17) is 0 Å². The Kier molecular flexibility index (Phi) is 9.43. The molecule has 0 unspecified atom stereocenters. The van der Waals surface area contributed by atoms with Crippen molar-refractivity contribution < 1.29 is 32.3 Å². The number of nitrogens with zero attached hydrogens (tertiary/aromatic N) is 5. The van der Waals surface area contributed by atoms with Crippen molar-refractivity contribution in [1.29, 1.82) is 0 Å². The highest BCUT2D eigenvalue weighted by atomic mass is 32.2. The van der Waals surface area contributed by atoms with Crippen molar-refractivity contribution in [3.8, 4) is 11.4 Å². The van der Waals surface area contributed by atoms with Gasteiger partial charge in [0, 0.05) is 18.3 Å². The molecule has 3 aromatic carbocycles. The number of carbonyl (C=O) groups excluding carboxylic acids is 3. The predicted molar refractivity (Wildman–Crippen MR) is 176 cm³/mol. The minimum Gasteiger partial charge on any atom is -0.406 e. The molecule has 244 valence electrons. The molecular formula is C33H31F3N6O4S.